The molecule has 3 aliphatic heterocycles. The van der Waals surface area contributed by atoms with E-state index in [0.717, 1.165) is 127 Å². The third kappa shape index (κ3) is 36.9. The van der Waals surface area contributed by atoms with Crippen LogP contribution in [0.3, 0.4) is 0 Å². The Hall–Kier alpha value is -2.08. The largest absolute Gasteiger partial charge is 0.494 e. The SMILES string of the molecule is CC[Si](CC)(CC)O[C@@H]1CC[C@@H](O[Si](CC)(CC)CC)[C@H](O[Si](CC)(CC)CC)C[C@H](O[Si](CC)(CC)CC)CC2=C[C@H](O[Si](CC)(CC)CC)C(C(C)(C)O)[C@H](C[C@@H](O[C@@H]3O[C@H](C)[C@@H](O[Si](CC)(CC)CC)[C@H](NC(=O)C(F)(F)F)[C@@H]3O[Si](CC)(CC)CC)/C=C/C=C/C=C/C=C/C=C/C=C/C=C/[C@H](C)[C@@H](O[Si](CC)(CC)CC)[C@@H](C)[C@H](C)OC(=O)C[C@H](O[Si](CC)(CC)CC)C1)O2. The van der Waals surface area contributed by atoms with E-state index in [0.29, 0.717) is 74.1 Å². The first kappa shape index (κ1) is 126. The second-order valence-corrected chi connectivity index (χ2v) is 82.7. The molecule has 1 fully saturated rings. The first-order valence-corrected chi connectivity index (χ1v) is 77.0. The van der Waals surface area contributed by atoms with Crippen molar-refractivity contribution in [1.29, 1.82) is 0 Å². The first-order chi connectivity index (χ1) is 63.5. The average Bonchev–Trinajstić information content (AvgIpc) is 0.767. The highest BCUT2D eigenvalue weighted by atomic mass is 28.4. The minimum absolute atomic E-state index is 0.00553. The molecule has 0 spiro atoms. The predicted molar refractivity (Wildman–Crippen MR) is 579 cm³/mol. The van der Waals surface area contributed by atoms with Gasteiger partial charge >= 0.3 is 18.1 Å². The van der Waals surface area contributed by atoms with Crippen molar-refractivity contribution in [3.63, 3.8) is 0 Å². The number of fused-ring (bicyclic) bond motifs is 2. The Labute approximate surface area is 827 Å². The smallest absolute Gasteiger partial charge is 0.471 e. The summed E-state index contributed by atoms with van der Waals surface area (Å²) in [6, 6.07) is 21.9. The number of hydrogen-bond donors (Lipinski definition) is 2. The van der Waals surface area contributed by atoms with Gasteiger partial charge in [0.1, 0.15) is 18.3 Å². The van der Waals surface area contributed by atoms with Crippen molar-refractivity contribution in [2.24, 2.45) is 17.8 Å². The molecule has 0 saturated carbocycles. The van der Waals surface area contributed by atoms with Gasteiger partial charge in [0.05, 0.1) is 84.7 Å². The lowest BCUT2D eigenvalue weighted by molar-refractivity contribution is -0.276. The standard InChI is InChI=1S/C105H202F3NO16Si9/c1-34-126(35-2,36-3)117-88-75-76-92(120-129(43-10,44-11)45-12)93(121-130(46-13,47-14)48-15)81-90(118-127(37-4,38-5)39-6)78-89-80-95(122-131(49-16,50-17)51-18)97(104(32,33)112)94(115-89)79-87(116-102-101(125-134(58-25,59-26)60-27)98(109-103(111)105(106,107)108)100(86(31)114-102)124-133(55-22,56-23)57-24)74-72-70-68-66-64-62-61-63-65-67-69-71-73-83(28)99(123-132(52-19,53-20)54-21)84(29)85(30)113-96(110)82-91(77-88)119-128(40-7,41-8)42-9/h61-74,80,83-88,90-95,97-102,112H,34-60,75-79,81-82H2,1-33H3,(H,109,111)/b62-61+,65-63+,66-64+,69-67+,70-68+,73-71+,74-72+/t83-,84-,85-,86+,87-,88+,90+,91+,92+,93+,94-,95-,97?,98-,99+,100+,101-,102-/m0/s1. The van der Waals surface area contributed by atoms with E-state index in [1.54, 1.807) is 0 Å². The minimum Gasteiger partial charge on any atom is -0.494 e. The van der Waals surface area contributed by atoms with Gasteiger partial charge in [-0.25, -0.2) is 0 Å². The number of aliphatic hydroxyl groups is 1. The van der Waals surface area contributed by atoms with Gasteiger partial charge in [-0.2, -0.15) is 13.2 Å². The van der Waals surface area contributed by atoms with Gasteiger partial charge in [-0.05, 0) is 222 Å². The fourth-order valence-corrected chi connectivity index (χ4v) is 47.4. The Kier molecular flexibility index (Phi) is 57.6. The second kappa shape index (κ2) is 61.3. The monoisotopic (exact) mass is 2040 g/mol. The molecule has 1 saturated heterocycles. The molecule has 3 aliphatic rings. The van der Waals surface area contributed by atoms with Crippen LogP contribution in [-0.2, 0) is 68.4 Å². The fraction of sp³-hybridized carbons (Fsp3) is 0.829. The zero-order chi connectivity index (χ0) is 101. The van der Waals surface area contributed by atoms with Gasteiger partial charge in [-0.1, -0.05) is 286 Å². The van der Waals surface area contributed by atoms with Crippen molar-refractivity contribution < 1.29 is 86.6 Å². The molecule has 780 valence electrons. The second-order valence-electron chi connectivity index (χ2n) is 40.2. The van der Waals surface area contributed by atoms with Crippen molar-refractivity contribution in [2.45, 2.75) is 540 Å². The Balaban J connectivity index is 2.89. The zero-order valence-corrected chi connectivity index (χ0v) is 100. The lowest BCUT2D eigenvalue weighted by Crippen LogP contribution is -2.69. The lowest BCUT2D eigenvalue weighted by Gasteiger charge is -2.51. The van der Waals surface area contributed by atoms with Crippen LogP contribution in [0, 0.1) is 17.8 Å². The van der Waals surface area contributed by atoms with Crippen LogP contribution in [0.4, 0.5) is 13.2 Å². The van der Waals surface area contributed by atoms with Crippen LogP contribution in [0.5, 0.6) is 0 Å². The zero-order valence-electron chi connectivity index (χ0n) is 91.3. The van der Waals surface area contributed by atoms with Crippen molar-refractivity contribution in [3.05, 3.63) is 96.9 Å². The molecular formula is C105H202F3NO16Si9. The summed E-state index contributed by atoms with van der Waals surface area (Å²) in [6.45, 7) is 72.6. The molecule has 29 heteroatoms. The molecule has 18 atom stereocenters. The predicted octanol–water partition coefficient (Wildman–Crippen LogP) is 30.2. The molecule has 3 rings (SSSR count). The van der Waals surface area contributed by atoms with Crippen LogP contribution in [0.2, 0.25) is 163 Å². The average molecular weight is 2040 g/mol. The van der Waals surface area contributed by atoms with Crippen molar-refractivity contribution in [1.82, 2.24) is 5.32 Å². The summed E-state index contributed by atoms with van der Waals surface area (Å²) < 4.78 is 146. The number of alkyl halides is 3. The number of halogens is 3. The first-order valence-electron chi connectivity index (χ1n) is 54.2. The molecule has 2 N–H and O–H groups in total. The molecule has 17 nitrogen and oxygen atoms in total. The normalized spacial score (nSPS) is 28.5. The number of allylic oxidation sites excluding steroid dienone is 12. The molecule has 134 heavy (non-hydrogen) atoms. The van der Waals surface area contributed by atoms with E-state index in [9.17, 15) is 9.90 Å². The van der Waals surface area contributed by atoms with Gasteiger partial charge < -0.3 is 69.2 Å². The summed E-state index contributed by atoms with van der Waals surface area (Å²) in [5.41, 5.74) is -1.44. The number of rotatable bonds is 49. The van der Waals surface area contributed by atoms with Crippen LogP contribution >= 0.6 is 0 Å². The van der Waals surface area contributed by atoms with Crippen molar-refractivity contribution >= 4 is 86.7 Å². The molecule has 0 aromatic heterocycles. The Morgan fingerprint density at radius 3 is 1.11 bits per heavy atom. The topological polar surface area (TPSA) is 186 Å². The molecule has 2 bridgehead atoms. The van der Waals surface area contributed by atoms with Gasteiger partial charge in [0.15, 0.2) is 81.1 Å². The maximum Gasteiger partial charge on any atom is 0.471 e. The third-order valence-corrected chi connectivity index (χ3v) is 75.4. The van der Waals surface area contributed by atoms with Crippen molar-refractivity contribution in [3.8, 4) is 0 Å². The van der Waals surface area contributed by atoms with Crippen LogP contribution < -0.4 is 5.32 Å². The third-order valence-electron chi connectivity index (χ3n) is 33.4. The molecular weight excluding hydrogens is 1840 g/mol. The summed E-state index contributed by atoms with van der Waals surface area (Å²) in [6.07, 6.45) is 18.1. The van der Waals surface area contributed by atoms with Crippen LogP contribution in [-0.4, -0.2) is 195 Å². The highest BCUT2D eigenvalue weighted by Gasteiger charge is 2.57. The van der Waals surface area contributed by atoms with Gasteiger partial charge in [0.2, 0.25) is 0 Å². The highest BCUT2D eigenvalue weighted by molar-refractivity contribution is 6.77. The van der Waals surface area contributed by atoms with Gasteiger partial charge in [-0.3, -0.25) is 9.59 Å². The quantitative estimate of drug-likeness (QED) is 0.0432. The van der Waals surface area contributed by atoms with E-state index in [4.69, 9.17) is 58.8 Å². The maximum absolute atomic E-state index is 15.4. The van der Waals surface area contributed by atoms with Gasteiger partial charge in [0.25, 0.3) is 0 Å². The molecule has 0 aromatic rings. The fourth-order valence-electron chi connectivity index (χ4n) is 21.3. The summed E-state index contributed by atoms with van der Waals surface area (Å²) in [4.78, 5) is 29.3. The summed E-state index contributed by atoms with van der Waals surface area (Å²) >= 11 is 0. The number of carbonyl (C=O) groups excluding carboxylic acids is 2. The van der Waals surface area contributed by atoms with Crippen LogP contribution in [0.15, 0.2) is 96.9 Å². The van der Waals surface area contributed by atoms with Crippen LogP contribution in [0.25, 0.3) is 0 Å². The minimum atomic E-state index is -5.24. The maximum atomic E-state index is 15.4. The number of carbonyl (C=O) groups is 2. The number of amides is 1. The van der Waals surface area contributed by atoms with Crippen LogP contribution in [0.1, 0.15) is 273 Å². The number of nitrogens with one attached hydrogen (secondary N) is 1. The summed E-state index contributed by atoms with van der Waals surface area (Å²) in [7, 11) is -22.7. The number of hydrogen-bond acceptors (Lipinski definition) is 16. The summed E-state index contributed by atoms with van der Waals surface area (Å²) in [5, 5.41) is 15.8. The molecule has 0 aromatic carbocycles. The molecule has 1 amide bonds. The molecule has 3 heterocycles. The van der Waals surface area contributed by atoms with E-state index in [2.05, 4.69) is 231 Å². The Morgan fingerprint density at radius 2 is 0.724 bits per heavy atom. The van der Waals surface area contributed by atoms with E-state index in [-0.39, 0.29) is 49.0 Å². The Bertz CT molecular complexity index is 3430. The van der Waals surface area contributed by atoms with Gasteiger partial charge in [-0.15, -0.1) is 0 Å². The summed E-state index contributed by atoms with van der Waals surface area (Å²) in [5.74, 6) is -2.51. The lowest BCUT2D eigenvalue weighted by atomic mass is 9.78. The number of ether oxygens (including phenoxy) is 4. The number of cyclic esters (lactones) is 1. The molecule has 0 aliphatic carbocycles. The van der Waals surface area contributed by atoms with E-state index < -0.39 is 172 Å². The van der Waals surface area contributed by atoms with E-state index in [1.807, 2.05) is 93.7 Å². The van der Waals surface area contributed by atoms with E-state index in [1.165, 1.54) is 0 Å². The van der Waals surface area contributed by atoms with Crippen molar-refractivity contribution in [2.75, 3.05) is 0 Å². The highest BCUT2D eigenvalue weighted by Crippen LogP contribution is 2.46. The van der Waals surface area contributed by atoms with E-state index >= 15 is 18.0 Å². The number of esters is 1. The van der Waals surface area contributed by atoms with Gasteiger partial charge in [0, 0.05) is 31.3 Å². The molecule has 0 radical (unpaired) electrons. The Morgan fingerprint density at radius 1 is 0.388 bits per heavy atom. The molecule has 1 unspecified atom stereocenters.